The second-order valence-electron chi connectivity index (χ2n) is 7.42. The second kappa shape index (κ2) is 7.46. The van der Waals surface area contributed by atoms with Gasteiger partial charge in [-0.2, -0.15) is 5.10 Å². The van der Waals surface area contributed by atoms with Gasteiger partial charge in [0.1, 0.15) is 6.54 Å². The van der Waals surface area contributed by atoms with E-state index in [0.717, 1.165) is 34.1 Å². The van der Waals surface area contributed by atoms with Gasteiger partial charge in [-0.15, -0.1) is 0 Å². The van der Waals surface area contributed by atoms with Gasteiger partial charge in [0.25, 0.3) is 5.56 Å². The summed E-state index contributed by atoms with van der Waals surface area (Å²) in [7, 11) is 0. The highest BCUT2D eigenvalue weighted by atomic mass is 35.5. The van der Waals surface area contributed by atoms with E-state index < -0.39 is 0 Å². The number of benzene rings is 2. The molecule has 1 N–H and O–H groups in total. The molecule has 150 valence electrons. The maximum absolute atomic E-state index is 13.0. The molecule has 4 aromatic rings. The molecule has 6 nitrogen and oxygen atoms in total. The van der Waals surface area contributed by atoms with E-state index in [2.05, 4.69) is 10.1 Å². The van der Waals surface area contributed by atoms with Gasteiger partial charge in [-0.3, -0.25) is 9.59 Å². The molecular weight excluding hydrogens is 400 g/mol. The monoisotopic (exact) mass is 418 g/mol. The van der Waals surface area contributed by atoms with Crippen molar-refractivity contribution in [2.24, 2.45) is 0 Å². The highest BCUT2D eigenvalue weighted by Gasteiger charge is 2.24. The lowest BCUT2D eigenvalue weighted by molar-refractivity contribution is -0.133. The zero-order valence-corrected chi connectivity index (χ0v) is 16.9. The van der Waals surface area contributed by atoms with Crippen LogP contribution >= 0.6 is 11.6 Å². The number of carbonyl (C=O) groups is 1. The highest BCUT2D eigenvalue weighted by molar-refractivity contribution is 6.31. The zero-order chi connectivity index (χ0) is 20.7. The molecule has 0 saturated heterocycles. The topological polar surface area (TPSA) is 71.0 Å². The Labute approximate surface area is 177 Å². The molecule has 2 aromatic heterocycles. The van der Waals surface area contributed by atoms with Crippen molar-refractivity contribution in [3.05, 3.63) is 87.3 Å². The summed E-state index contributed by atoms with van der Waals surface area (Å²) < 4.78 is 1.24. The molecular formula is C23H19ClN4O2. The quantitative estimate of drug-likeness (QED) is 0.552. The molecule has 0 radical (unpaired) electrons. The molecule has 0 aliphatic carbocycles. The van der Waals surface area contributed by atoms with Crippen molar-refractivity contribution >= 4 is 28.4 Å². The van der Waals surface area contributed by atoms with Gasteiger partial charge < -0.3 is 9.88 Å². The fourth-order valence-corrected chi connectivity index (χ4v) is 4.12. The van der Waals surface area contributed by atoms with E-state index in [1.165, 1.54) is 10.7 Å². The van der Waals surface area contributed by atoms with Crippen LogP contribution < -0.4 is 5.56 Å². The normalized spacial score (nSPS) is 13.4. The van der Waals surface area contributed by atoms with Gasteiger partial charge in [-0.1, -0.05) is 41.9 Å². The Morgan fingerprint density at radius 3 is 2.77 bits per heavy atom. The predicted octanol–water partition coefficient (Wildman–Crippen LogP) is 3.63. The third kappa shape index (κ3) is 3.39. The molecule has 1 amide bonds. The Morgan fingerprint density at radius 2 is 1.93 bits per heavy atom. The summed E-state index contributed by atoms with van der Waals surface area (Å²) in [5.41, 5.74) is 4.52. The third-order valence-corrected chi connectivity index (χ3v) is 5.75. The van der Waals surface area contributed by atoms with E-state index in [9.17, 15) is 9.59 Å². The second-order valence-corrected chi connectivity index (χ2v) is 7.85. The van der Waals surface area contributed by atoms with Crippen LogP contribution in [0.3, 0.4) is 0 Å². The number of carbonyl (C=O) groups excluding carboxylic acids is 1. The molecule has 0 bridgehead atoms. The summed E-state index contributed by atoms with van der Waals surface area (Å²) >= 11 is 6.17. The fourth-order valence-electron chi connectivity index (χ4n) is 3.95. The number of nitrogens with one attached hydrogen (secondary N) is 1. The lowest BCUT2D eigenvalue weighted by Crippen LogP contribution is -2.40. The van der Waals surface area contributed by atoms with E-state index in [4.69, 9.17) is 11.6 Å². The van der Waals surface area contributed by atoms with Crippen LogP contribution in [0, 0.1) is 0 Å². The average Bonchev–Trinajstić information content (AvgIpc) is 3.13. The van der Waals surface area contributed by atoms with Gasteiger partial charge in [-0.25, -0.2) is 4.68 Å². The number of aromatic amines is 1. The van der Waals surface area contributed by atoms with E-state index in [-0.39, 0.29) is 18.0 Å². The Balaban J connectivity index is 1.40. The first kappa shape index (κ1) is 18.6. The minimum absolute atomic E-state index is 0.0854. The van der Waals surface area contributed by atoms with Crippen LogP contribution in [0.25, 0.3) is 22.2 Å². The van der Waals surface area contributed by atoms with Crippen LogP contribution in [-0.4, -0.2) is 32.1 Å². The number of amides is 1. The van der Waals surface area contributed by atoms with Crippen molar-refractivity contribution in [1.29, 1.82) is 0 Å². The molecule has 0 spiro atoms. The predicted molar refractivity (Wildman–Crippen MR) is 116 cm³/mol. The summed E-state index contributed by atoms with van der Waals surface area (Å²) in [6, 6.07) is 18.5. The standard InChI is InChI=1S/C23H19ClN4O2/c24-16-6-7-20-17(12-16)18-13-27(11-10-21(18)25-20)23(30)14-28-22(29)9-8-19(26-28)15-4-2-1-3-5-15/h1-9,12,25H,10-11,13-14H2. The number of hydrogen-bond acceptors (Lipinski definition) is 3. The maximum atomic E-state index is 13.0. The molecule has 1 aliphatic rings. The molecule has 3 heterocycles. The summed E-state index contributed by atoms with van der Waals surface area (Å²) in [5.74, 6) is -0.128. The van der Waals surface area contributed by atoms with Crippen molar-refractivity contribution < 1.29 is 4.79 Å². The largest absolute Gasteiger partial charge is 0.358 e. The van der Waals surface area contributed by atoms with Gasteiger partial charge in [0.15, 0.2) is 0 Å². The number of rotatable bonds is 3. The lowest BCUT2D eigenvalue weighted by atomic mass is 10.0. The number of hydrogen-bond donors (Lipinski definition) is 1. The molecule has 30 heavy (non-hydrogen) atoms. The number of nitrogens with zero attached hydrogens (tertiary/aromatic N) is 3. The van der Waals surface area contributed by atoms with Crippen molar-refractivity contribution in [2.45, 2.75) is 19.5 Å². The van der Waals surface area contributed by atoms with E-state index >= 15 is 0 Å². The van der Waals surface area contributed by atoms with Crippen LogP contribution in [0.5, 0.6) is 0 Å². The van der Waals surface area contributed by atoms with Crippen LogP contribution in [0.4, 0.5) is 0 Å². The van der Waals surface area contributed by atoms with Gasteiger partial charge in [0.2, 0.25) is 5.91 Å². The summed E-state index contributed by atoms with van der Waals surface area (Å²) in [4.78, 5) is 30.5. The van der Waals surface area contributed by atoms with E-state index in [0.29, 0.717) is 23.8 Å². The molecule has 5 rings (SSSR count). The van der Waals surface area contributed by atoms with Gasteiger partial charge in [0, 0.05) is 58.3 Å². The summed E-state index contributed by atoms with van der Waals surface area (Å²) in [6.07, 6.45) is 0.736. The number of halogens is 1. The van der Waals surface area contributed by atoms with Crippen LogP contribution in [0.2, 0.25) is 5.02 Å². The summed E-state index contributed by atoms with van der Waals surface area (Å²) in [6.45, 7) is 0.999. The van der Waals surface area contributed by atoms with Gasteiger partial charge in [-0.05, 0) is 24.3 Å². The minimum atomic E-state index is -0.292. The Bertz CT molecular complexity index is 1310. The van der Waals surface area contributed by atoms with Crippen LogP contribution in [-0.2, 0) is 24.3 Å². The first-order valence-electron chi connectivity index (χ1n) is 9.79. The van der Waals surface area contributed by atoms with Gasteiger partial charge >= 0.3 is 0 Å². The molecule has 0 unspecified atom stereocenters. The first-order chi connectivity index (χ1) is 14.6. The van der Waals surface area contributed by atoms with Crippen LogP contribution in [0.15, 0.2) is 65.5 Å². The lowest BCUT2D eigenvalue weighted by Gasteiger charge is -2.27. The average molecular weight is 419 g/mol. The van der Waals surface area contributed by atoms with Crippen molar-refractivity contribution in [1.82, 2.24) is 19.7 Å². The first-order valence-corrected chi connectivity index (χ1v) is 10.2. The minimum Gasteiger partial charge on any atom is -0.358 e. The summed E-state index contributed by atoms with van der Waals surface area (Å²) in [5, 5.41) is 6.11. The van der Waals surface area contributed by atoms with Crippen LogP contribution in [0.1, 0.15) is 11.3 Å². The molecule has 2 aromatic carbocycles. The Morgan fingerprint density at radius 1 is 1.10 bits per heavy atom. The highest BCUT2D eigenvalue weighted by Crippen LogP contribution is 2.29. The molecule has 1 aliphatic heterocycles. The van der Waals surface area contributed by atoms with Crippen molar-refractivity contribution in [2.75, 3.05) is 6.54 Å². The third-order valence-electron chi connectivity index (χ3n) is 5.51. The molecule has 0 fully saturated rings. The van der Waals surface area contributed by atoms with Gasteiger partial charge in [0.05, 0.1) is 5.69 Å². The molecule has 7 heteroatoms. The molecule has 0 saturated carbocycles. The smallest absolute Gasteiger partial charge is 0.267 e. The maximum Gasteiger partial charge on any atom is 0.267 e. The zero-order valence-electron chi connectivity index (χ0n) is 16.1. The Kier molecular flexibility index (Phi) is 4.64. The SMILES string of the molecule is O=C(Cn1nc(-c2ccccc2)ccc1=O)N1CCc2[nH]c3ccc(Cl)cc3c2C1. The number of H-pyrrole nitrogens is 1. The van der Waals surface area contributed by atoms with Crippen molar-refractivity contribution in [3.8, 4) is 11.3 Å². The number of fused-ring (bicyclic) bond motifs is 3. The van der Waals surface area contributed by atoms with E-state index in [1.807, 2.05) is 48.5 Å². The fraction of sp³-hybridized carbons (Fsp3) is 0.174. The number of aromatic nitrogens is 3. The molecule has 0 atom stereocenters. The van der Waals surface area contributed by atoms with Crippen molar-refractivity contribution in [3.63, 3.8) is 0 Å². The van der Waals surface area contributed by atoms with E-state index in [1.54, 1.807) is 11.0 Å². The Hall–Kier alpha value is -3.38.